The molecule has 1 N–H and O–H groups in total. The minimum absolute atomic E-state index is 0.0676. The first-order chi connectivity index (χ1) is 9.69. The van der Waals surface area contributed by atoms with Gasteiger partial charge in [0.15, 0.2) is 10.9 Å². The molecule has 6 heteroatoms. The van der Waals surface area contributed by atoms with E-state index in [2.05, 4.69) is 10.3 Å². The van der Waals surface area contributed by atoms with Crippen LogP contribution in [0.2, 0.25) is 0 Å². The number of carbonyl (C=O) groups is 2. The number of methoxy groups -OCH3 is 1. The van der Waals surface area contributed by atoms with Crippen molar-refractivity contribution in [3.8, 4) is 5.75 Å². The molecule has 0 radical (unpaired) electrons. The number of Topliss-reactive ketones (excluding diaryl/α,β-unsaturated/α-hetero) is 1. The third kappa shape index (κ3) is 3.89. The zero-order valence-corrected chi connectivity index (χ0v) is 11.8. The average molecular weight is 290 g/mol. The molecular formula is C14H14N2O3S. The third-order valence-electron chi connectivity index (χ3n) is 2.67. The fraction of sp³-hybridized carbons (Fsp3) is 0.214. The van der Waals surface area contributed by atoms with Crippen molar-refractivity contribution in [2.75, 3.05) is 12.4 Å². The lowest BCUT2D eigenvalue weighted by Crippen LogP contribution is -2.13. The number of hydrogen-bond donors (Lipinski definition) is 1. The topological polar surface area (TPSA) is 68.3 Å². The van der Waals surface area contributed by atoms with Crippen LogP contribution in [0.15, 0.2) is 35.8 Å². The maximum absolute atomic E-state index is 11.9. The molecule has 20 heavy (non-hydrogen) atoms. The molecule has 2 rings (SSSR count). The van der Waals surface area contributed by atoms with Gasteiger partial charge in [-0.15, -0.1) is 11.3 Å². The first-order valence-electron chi connectivity index (χ1n) is 6.05. The SMILES string of the molecule is COc1ccc(C(=O)CCC(=O)Nc2nccs2)cc1. The van der Waals surface area contributed by atoms with E-state index in [0.717, 1.165) is 0 Å². The van der Waals surface area contributed by atoms with E-state index in [0.29, 0.717) is 16.4 Å². The summed E-state index contributed by atoms with van der Waals surface area (Å²) in [6, 6.07) is 6.84. The molecule has 0 spiro atoms. The average Bonchev–Trinajstić information content (AvgIpc) is 2.97. The molecule has 0 aliphatic carbocycles. The van der Waals surface area contributed by atoms with E-state index in [1.165, 1.54) is 11.3 Å². The standard InChI is InChI=1S/C14H14N2O3S/c1-19-11-4-2-10(3-5-11)12(17)6-7-13(18)16-14-15-8-9-20-14/h2-5,8-9H,6-7H2,1H3,(H,15,16,18). The number of anilines is 1. The number of carbonyl (C=O) groups excluding carboxylic acids is 2. The second-order valence-corrected chi connectivity index (χ2v) is 4.93. The first kappa shape index (κ1) is 14.2. The van der Waals surface area contributed by atoms with E-state index in [4.69, 9.17) is 4.74 Å². The quantitative estimate of drug-likeness (QED) is 0.831. The Morgan fingerprint density at radius 1 is 1.25 bits per heavy atom. The molecule has 0 fully saturated rings. The number of ether oxygens (including phenoxy) is 1. The summed E-state index contributed by atoms with van der Waals surface area (Å²) in [5.41, 5.74) is 0.577. The van der Waals surface area contributed by atoms with Crippen molar-refractivity contribution in [2.45, 2.75) is 12.8 Å². The van der Waals surface area contributed by atoms with Crippen LogP contribution in [0.3, 0.4) is 0 Å². The third-order valence-corrected chi connectivity index (χ3v) is 3.36. The van der Waals surface area contributed by atoms with E-state index in [1.807, 2.05) is 0 Å². The van der Waals surface area contributed by atoms with Crippen LogP contribution in [0.1, 0.15) is 23.2 Å². The number of aromatic nitrogens is 1. The summed E-state index contributed by atoms with van der Waals surface area (Å²) in [5, 5.41) is 4.97. The van der Waals surface area contributed by atoms with E-state index >= 15 is 0 Å². The highest BCUT2D eigenvalue weighted by atomic mass is 32.1. The zero-order chi connectivity index (χ0) is 14.4. The number of rotatable bonds is 6. The normalized spacial score (nSPS) is 10.1. The Balaban J connectivity index is 1.83. The van der Waals surface area contributed by atoms with Crippen LogP contribution in [0.25, 0.3) is 0 Å². The van der Waals surface area contributed by atoms with Crippen LogP contribution in [0.4, 0.5) is 5.13 Å². The highest BCUT2D eigenvalue weighted by molar-refractivity contribution is 7.13. The minimum atomic E-state index is -0.207. The molecular weight excluding hydrogens is 276 g/mol. The fourth-order valence-electron chi connectivity index (χ4n) is 1.62. The molecule has 0 saturated carbocycles. The van der Waals surface area contributed by atoms with E-state index in [9.17, 15) is 9.59 Å². The smallest absolute Gasteiger partial charge is 0.226 e. The number of nitrogens with one attached hydrogen (secondary N) is 1. The number of nitrogens with zero attached hydrogens (tertiary/aromatic N) is 1. The predicted molar refractivity (Wildman–Crippen MR) is 77.3 cm³/mol. The van der Waals surface area contributed by atoms with Crippen LogP contribution in [0.5, 0.6) is 5.75 Å². The molecule has 1 amide bonds. The van der Waals surface area contributed by atoms with Crippen LogP contribution in [-0.4, -0.2) is 23.8 Å². The molecule has 2 aromatic rings. The van der Waals surface area contributed by atoms with Gasteiger partial charge in [0.2, 0.25) is 5.91 Å². The second-order valence-electron chi connectivity index (χ2n) is 4.04. The van der Waals surface area contributed by atoms with Crippen molar-refractivity contribution in [1.82, 2.24) is 4.98 Å². The lowest BCUT2D eigenvalue weighted by molar-refractivity contribution is -0.116. The lowest BCUT2D eigenvalue weighted by Gasteiger charge is -2.03. The van der Waals surface area contributed by atoms with Crippen molar-refractivity contribution in [1.29, 1.82) is 0 Å². The Kier molecular flexibility index (Phi) is 4.84. The number of thiazole rings is 1. The Hall–Kier alpha value is -2.21. The van der Waals surface area contributed by atoms with Gasteiger partial charge >= 0.3 is 0 Å². The summed E-state index contributed by atoms with van der Waals surface area (Å²) in [5.74, 6) is 0.423. The van der Waals surface area contributed by atoms with Crippen LogP contribution in [-0.2, 0) is 4.79 Å². The van der Waals surface area contributed by atoms with Gasteiger partial charge in [-0.2, -0.15) is 0 Å². The van der Waals surface area contributed by atoms with Gasteiger partial charge in [0, 0.05) is 30.0 Å². The van der Waals surface area contributed by atoms with E-state index in [-0.39, 0.29) is 24.5 Å². The summed E-state index contributed by atoms with van der Waals surface area (Å²) >= 11 is 1.34. The van der Waals surface area contributed by atoms with Gasteiger partial charge in [0.05, 0.1) is 7.11 Å². The first-order valence-corrected chi connectivity index (χ1v) is 6.93. The molecule has 0 unspecified atom stereocenters. The van der Waals surface area contributed by atoms with Gasteiger partial charge in [-0.25, -0.2) is 4.98 Å². The van der Waals surface area contributed by atoms with Crippen molar-refractivity contribution >= 4 is 28.2 Å². The number of amides is 1. The summed E-state index contributed by atoms with van der Waals surface area (Å²) in [4.78, 5) is 27.5. The van der Waals surface area contributed by atoms with Crippen LogP contribution < -0.4 is 10.1 Å². The monoisotopic (exact) mass is 290 g/mol. The van der Waals surface area contributed by atoms with Gasteiger partial charge < -0.3 is 10.1 Å². The van der Waals surface area contributed by atoms with Gasteiger partial charge in [-0.05, 0) is 24.3 Å². The van der Waals surface area contributed by atoms with Gasteiger partial charge in [-0.1, -0.05) is 0 Å². The highest BCUT2D eigenvalue weighted by Crippen LogP contribution is 2.14. The van der Waals surface area contributed by atoms with Crippen molar-refractivity contribution in [3.63, 3.8) is 0 Å². The molecule has 0 saturated heterocycles. The Bertz CT molecular complexity index is 579. The molecule has 1 aromatic heterocycles. The molecule has 5 nitrogen and oxygen atoms in total. The zero-order valence-electron chi connectivity index (χ0n) is 11.0. The van der Waals surface area contributed by atoms with E-state index < -0.39 is 0 Å². The molecule has 0 bridgehead atoms. The minimum Gasteiger partial charge on any atom is -0.497 e. The number of hydrogen-bond acceptors (Lipinski definition) is 5. The lowest BCUT2D eigenvalue weighted by atomic mass is 10.1. The molecule has 1 heterocycles. The highest BCUT2D eigenvalue weighted by Gasteiger charge is 2.10. The molecule has 0 atom stereocenters. The summed E-state index contributed by atoms with van der Waals surface area (Å²) in [6.07, 6.45) is 1.93. The molecule has 1 aromatic carbocycles. The molecule has 0 aliphatic rings. The van der Waals surface area contributed by atoms with E-state index in [1.54, 1.807) is 43.0 Å². The Morgan fingerprint density at radius 3 is 2.60 bits per heavy atom. The van der Waals surface area contributed by atoms with Crippen molar-refractivity contribution in [3.05, 3.63) is 41.4 Å². The van der Waals surface area contributed by atoms with Crippen LogP contribution >= 0.6 is 11.3 Å². The van der Waals surface area contributed by atoms with Crippen LogP contribution in [0, 0.1) is 0 Å². The maximum atomic E-state index is 11.9. The molecule has 0 aliphatic heterocycles. The van der Waals surface area contributed by atoms with Crippen molar-refractivity contribution in [2.24, 2.45) is 0 Å². The Morgan fingerprint density at radius 2 is 2.00 bits per heavy atom. The van der Waals surface area contributed by atoms with Gasteiger partial charge in [-0.3, -0.25) is 9.59 Å². The molecule has 104 valence electrons. The second kappa shape index (κ2) is 6.81. The predicted octanol–water partition coefficient (Wildman–Crippen LogP) is 2.75. The Labute approximate surface area is 120 Å². The van der Waals surface area contributed by atoms with Gasteiger partial charge in [0.1, 0.15) is 5.75 Å². The fourth-order valence-corrected chi connectivity index (χ4v) is 2.16. The summed E-state index contributed by atoms with van der Waals surface area (Å²) in [6.45, 7) is 0. The largest absolute Gasteiger partial charge is 0.497 e. The number of ketones is 1. The summed E-state index contributed by atoms with van der Waals surface area (Å²) < 4.78 is 5.02. The maximum Gasteiger partial charge on any atom is 0.226 e. The van der Waals surface area contributed by atoms with Gasteiger partial charge in [0.25, 0.3) is 0 Å². The summed E-state index contributed by atoms with van der Waals surface area (Å²) in [7, 11) is 1.57. The number of benzene rings is 1. The van der Waals surface area contributed by atoms with Crippen molar-refractivity contribution < 1.29 is 14.3 Å².